The standard InChI is InChI=1S/C4H8O3.Na.H/c5-3-1-2-4(6)7;;/h5H,1-3H2,(H,6,7);;/q;+1;-1. The summed E-state index contributed by atoms with van der Waals surface area (Å²) < 4.78 is 0. The number of aliphatic hydroxyl groups is 1. The molecule has 0 aromatic heterocycles. The average molecular weight is 128 g/mol. The Morgan fingerprint density at radius 1 is 1.62 bits per heavy atom. The molecule has 8 heavy (non-hydrogen) atoms. The van der Waals surface area contributed by atoms with Gasteiger partial charge in [-0.3, -0.25) is 4.79 Å². The number of carboxylic acid groups (broad SMARTS) is 1. The van der Waals surface area contributed by atoms with Gasteiger partial charge in [-0.25, -0.2) is 0 Å². The topological polar surface area (TPSA) is 57.5 Å². The predicted molar refractivity (Wildman–Crippen MR) is 25.1 cm³/mol. The summed E-state index contributed by atoms with van der Waals surface area (Å²) in [6.07, 6.45) is 0.422. The largest absolute Gasteiger partial charge is 1.00 e. The fourth-order valence-electron chi connectivity index (χ4n) is 0.230. The Morgan fingerprint density at radius 3 is 2.25 bits per heavy atom. The molecular formula is C4H9NaO3. The molecule has 0 aliphatic rings. The van der Waals surface area contributed by atoms with E-state index in [1.807, 2.05) is 0 Å². The van der Waals surface area contributed by atoms with Crippen molar-refractivity contribution >= 4 is 5.97 Å². The second-order valence-electron chi connectivity index (χ2n) is 1.22. The average Bonchev–Trinajstić information content (AvgIpc) is 1.61. The van der Waals surface area contributed by atoms with Gasteiger partial charge in [-0.05, 0) is 6.42 Å². The first-order valence-corrected chi connectivity index (χ1v) is 2.10. The Balaban J connectivity index is -0.000000180. The third kappa shape index (κ3) is 9.66. The van der Waals surface area contributed by atoms with Crippen LogP contribution in [0.2, 0.25) is 0 Å². The molecule has 0 aromatic rings. The molecule has 0 radical (unpaired) electrons. The third-order valence-corrected chi connectivity index (χ3v) is 0.549. The molecule has 0 aliphatic carbocycles. The number of aliphatic hydroxyl groups excluding tert-OH is 1. The van der Waals surface area contributed by atoms with E-state index >= 15 is 0 Å². The number of hydrogen-bond acceptors (Lipinski definition) is 2. The monoisotopic (exact) mass is 128 g/mol. The number of carbonyl (C=O) groups is 1. The molecule has 0 atom stereocenters. The molecule has 0 spiro atoms. The van der Waals surface area contributed by atoms with Crippen LogP contribution in [0.25, 0.3) is 0 Å². The van der Waals surface area contributed by atoms with Crippen LogP contribution in [-0.2, 0) is 4.79 Å². The van der Waals surface area contributed by atoms with E-state index in [1.165, 1.54) is 0 Å². The van der Waals surface area contributed by atoms with Crippen molar-refractivity contribution in [3.63, 3.8) is 0 Å². The first-order chi connectivity index (χ1) is 3.27. The fourth-order valence-corrected chi connectivity index (χ4v) is 0.230. The molecule has 0 heterocycles. The molecule has 0 bridgehead atoms. The summed E-state index contributed by atoms with van der Waals surface area (Å²) in [5.74, 6) is -0.853. The summed E-state index contributed by atoms with van der Waals surface area (Å²) in [4.78, 5) is 9.65. The van der Waals surface area contributed by atoms with Gasteiger partial charge in [0, 0.05) is 13.0 Å². The zero-order valence-electron chi connectivity index (χ0n) is 5.92. The Labute approximate surface area is 71.5 Å². The van der Waals surface area contributed by atoms with E-state index in [1.54, 1.807) is 0 Å². The van der Waals surface area contributed by atoms with Crippen molar-refractivity contribution in [3.05, 3.63) is 0 Å². The SMILES string of the molecule is O=C(O)CCCO.[H-].[Na+]. The van der Waals surface area contributed by atoms with Crippen molar-refractivity contribution < 1.29 is 46.0 Å². The van der Waals surface area contributed by atoms with Crippen LogP contribution >= 0.6 is 0 Å². The van der Waals surface area contributed by atoms with Gasteiger partial charge in [0.2, 0.25) is 0 Å². The molecule has 0 rings (SSSR count). The minimum Gasteiger partial charge on any atom is -1.00 e. The molecule has 0 saturated carbocycles. The van der Waals surface area contributed by atoms with Crippen molar-refractivity contribution in [1.29, 1.82) is 0 Å². The van der Waals surface area contributed by atoms with Crippen LogP contribution in [0.4, 0.5) is 0 Å². The van der Waals surface area contributed by atoms with Gasteiger partial charge in [0.05, 0.1) is 0 Å². The maximum atomic E-state index is 9.65. The quantitative estimate of drug-likeness (QED) is 0.397. The van der Waals surface area contributed by atoms with Crippen LogP contribution in [0.15, 0.2) is 0 Å². The molecule has 44 valence electrons. The maximum absolute atomic E-state index is 9.65. The van der Waals surface area contributed by atoms with Crippen LogP contribution in [-0.4, -0.2) is 22.8 Å². The third-order valence-electron chi connectivity index (χ3n) is 0.549. The summed E-state index contributed by atoms with van der Waals surface area (Å²) in [7, 11) is 0. The molecule has 0 unspecified atom stereocenters. The van der Waals surface area contributed by atoms with Crippen LogP contribution in [0, 0.1) is 0 Å². The van der Waals surface area contributed by atoms with E-state index < -0.39 is 5.97 Å². The van der Waals surface area contributed by atoms with Crippen molar-refractivity contribution in [2.75, 3.05) is 6.61 Å². The van der Waals surface area contributed by atoms with E-state index in [0.29, 0.717) is 6.42 Å². The minimum atomic E-state index is -0.853. The van der Waals surface area contributed by atoms with Crippen LogP contribution in [0.5, 0.6) is 0 Å². The minimum absolute atomic E-state index is 0. The van der Waals surface area contributed by atoms with Crippen molar-refractivity contribution in [3.8, 4) is 0 Å². The molecule has 0 aromatic carbocycles. The van der Waals surface area contributed by atoms with E-state index in [2.05, 4.69) is 0 Å². The maximum Gasteiger partial charge on any atom is 1.00 e. The molecule has 3 nitrogen and oxygen atoms in total. The molecule has 0 fully saturated rings. The summed E-state index contributed by atoms with van der Waals surface area (Å²) >= 11 is 0. The Morgan fingerprint density at radius 2 is 2.12 bits per heavy atom. The number of rotatable bonds is 3. The second kappa shape index (κ2) is 7.43. The van der Waals surface area contributed by atoms with E-state index in [-0.39, 0.29) is 44.0 Å². The Bertz CT molecular complexity index is 68.8. The zero-order valence-corrected chi connectivity index (χ0v) is 6.92. The first-order valence-electron chi connectivity index (χ1n) is 2.10. The smallest absolute Gasteiger partial charge is 1.00 e. The summed E-state index contributed by atoms with van der Waals surface area (Å²) in [5, 5.41) is 16.0. The van der Waals surface area contributed by atoms with Gasteiger partial charge >= 0.3 is 35.5 Å². The molecule has 0 aliphatic heterocycles. The van der Waals surface area contributed by atoms with Gasteiger partial charge in [-0.15, -0.1) is 0 Å². The zero-order chi connectivity index (χ0) is 5.70. The molecule has 0 saturated heterocycles. The van der Waals surface area contributed by atoms with E-state index in [0.717, 1.165) is 0 Å². The normalized spacial score (nSPS) is 7.62. The number of carboxylic acids is 1. The summed E-state index contributed by atoms with van der Waals surface area (Å²) in [6, 6.07) is 0. The Hall–Kier alpha value is 0.430. The van der Waals surface area contributed by atoms with Crippen molar-refractivity contribution in [2.24, 2.45) is 0 Å². The molecule has 4 heteroatoms. The van der Waals surface area contributed by atoms with Crippen LogP contribution in [0.1, 0.15) is 14.3 Å². The Kier molecular flexibility index (Phi) is 10.5. The van der Waals surface area contributed by atoms with Crippen LogP contribution in [0.3, 0.4) is 0 Å². The van der Waals surface area contributed by atoms with Gasteiger partial charge in [0.15, 0.2) is 0 Å². The molecule has 2 N–H and O–H groups in total. The van der Waals surface area contributed by atoms with E-state index in [4.69, 9.17) is 10.2 Å². The number of hydrogen-bond donors (Lipinski definition) is 2. The molecule has 0 amide bonds. The first kappa shape index (κ1) is 11.3. The van der Waals surface area contributed by atoms with Gasteiger partial charge in [-0.1, -0.05) is 0 Å². The van der Waals surface area contributed by atoms with Crippen molar-refractivity contribution in [2.45, 2.75) is 12.8 Å². The fraction of sp³-hybridized carbons (Fsp3) is 0.750. The number of aliphatic carboxylic acids is 1. The van der Waals surface area contributed by atoms with Gasteiger partial charge in [0.25, 0.3) is 0 Å². The van der Waals surface area contributed by atoms with Gasteiger partial charge < -0.3 is 11.6 Å². The van der Waals surface area contributed by atoms with E-state index in [9.17, 15) is 4.79 Å². The van der Waals surface area contributed by atoms with Crippen molar-refractivity contribution in [1.82, 2.24) is 0 Å². The van der Waals surface area contributed by atoms with Crippen LogP contribution < -0.4 is 29.6 Å². The van der Waals surface area contributed by atoms with Gasteiger partial charge in [-0.2, -0.15) is 0 Å². The molecular weight excluding hydrogens is 119 g/mol. The van der Waals surface area contributed by atoms with Gasteiger partial charge in [0.1, 0.15) is 0 Å². The summed E-state index contributed by atoms with van der Waals surface area (Å²) in [6.45, 7) is -0.0354. The summed E-state index contributed by atoms with van der Waals surface area (Å²) in [5.41, 5.74) is 0. The second-order valence-corrected chi connectivity index (χ2v) is 1.22. The predicted octanol–water partition coefficient (Wildman–Crippen LogP) is -3.04.